The quantitative estimate of drug-likeness (QED) is 0.804. The summed E-state index contributed by atoms with van der Waals surface area (Å²) in [6.07, 6.45) is 7.74. The van der Waals surface area contributed by atoms with Gasteiger partial charge in [-0.05, 0) is 30.4 Å². The Labute approximate surface area is 137 Å². The summed E-state index contributed by atoms with van der Waals surface area (Å²) in [6, 6.07) is 4.04. The van der Waals surface area contributed by atoms with Crippen LogP contribution in [0.2, 0.25) is 10.0 Å². The summed E-state index contributed by atoms with van der Waals surface area (Å²) in [5.74, 6) is 0.804. The van der Waals surface area contributed by atoms with E-state index < -0.39 is 0 Å². The van der Waals surface area contributed by atoms with Gasteiger partial charge < -0.3 is 10.1 Å². The minimum atomic E-state index is 0.295. The lowest BCUT2D eigenvalue weighted by atomic mass is 9.75. The van der Waals surface area contributed by atoms with Gasteiger partial charge in [-0.15, -0.1) is 0 Å². The monoisotopic (exact) mass is 327 g/mol. The molecule has 0 radical (unpaired) electrons. The van der Waals surface area contributed by atoms with Crippen LogP contribution in [0.15, 0.2) is 12.1 Å². The van der Waals surface area contributed by atoms with E-state index in [9.17, 15) is 0 Å². The van der Waals surface area contributed by atoms with Crippen molar-refractivity contribution in [3.05, 3.63) is 27.7 Å². The van der Waals surface area contributed by atoms with Crippen LogP contribution in [-0.4, -0.2) is 13.2 Å². The number of ether oxygens (including phenoxy) is 1. The van der Waals surface area contributed by atoms with Crippen molar-refractivity contribution >= 4 is 23.2 Å². The van der Waals surface area contributed by atoms with Gasteiger partial charge in [-0.25, -0.2) is 0 Å². The lowest BCUT2D eigenvalue weighted by Gasteiger charge is -2.36. The van der Waals surface area contributed by atoms with Crippen LogP contribution in [-0.2, 0) is 0 Å². The van der Waals surface area contributed by atoms with Crippen LogP contribution in [0.1, 0.15) is 57.1 Å². The van der Waals surface area contributed by atoms with E-state index in [1.165, 1.54) is 32.1 Å². The third-order valence-electron chi connectivity index (χ3n) is 4.90. The van der Waals surface area contributed by atoms with Crippen molar-refractivity contribution in [2.75, 3.05) is 13.2 Å². The first kappa shape index (κ1) is 15.5. The highest BCUT2D eigenvalue weighted by Gasteiger charge is 2.30. The van der Waals surface area contributed by atoms with Gasteiger partial charge in [0, 0.05) is 29.6 Å². The molecule has 2 nitrogen and oxygen atoms in total. The fourth-order valence-corrected chi connectivity index (χ4v) is 4.15. The molecule has 2 aliphatic rings. The topological polar surface area (TPSA) is 21.3 Å². The molecule has 1 saturated carbocycles. The molecule has 0 amide bonds. The number of benzene rings is 1. The Hall–Kier alpha value is -0.440. The highest BCUT2D eigenvalue weighted by atomic mass is 35.5. The fourth-order valence-electron chi connectivity index (χ4n) is 3.59. The van der Waals surface area contributed by atoms with Gasteiger partial charge in [-0.2, -0.15) is 0 Å². The van der Waals surface area contributed by atoms with Gasteiger partial charge in [-0.1, -0.05) is 49.4 Å². The second-order valence-corrected chi connectivity index (χ2v) is 7.59. The summed E-state index contributed by atoms with van der Waals surface area (Å²) in [4.78, 5) is 0. The number of halogens is 2. The molecule has 116 valence electrons. The zero-order valence-electron chi connectivity index (χ0n) is 12.6. The first-order valence-electron chi connectivity index (χ1n) is 7.93. The molecule has 1 N–H and O–H groups in total. The number of hydrogen-bond donors (Lipinski definition) is 1. The molecule has 21 heavy (non-hydrogen) atoms. The van der Waals surface area contributed by atoms with Crippen molar-refractivity contribution in [2.45, 2.75) is 51.5 Å². The van der Waals surface area contributed by atoms with Crippen molar-refractivity contribution in [2.24, 2.45) is 5.41 Å². The number of fused-ring (bicyclic) bond motifs is 1. The standard InChI is InChI=1S/C17H23Cl2NO/c1-17(6-3-2-4-7-17)11-20-15-5-8-21-16-13(15)9-12(18)10-14(16)19/h9-10,15,20H,2-8,11H2,1H3. The average molecular weight is 328 g/mol. The summed E-state index contributed by atoms with van der Waals surface area (Å²) in [7, 11) is 0. The van der Waals surface area contributed by atoms with E-state index in [1.54, 1.807) is 6.07 Å². The smallest absolute Gasteiger partial charge is 0.142 e. The second kappa shape index (κ2) is 6.36. The SMILES string of the molecule is CC1(CNC2CCOc3c(Cl)cc(Cl)cc32)CCCCC1. The Morgan fingerprint density at radius 3 is 2.76 bits per heavy atom. The summed E-state index contributed by atoms with van der Waals surface area (Å²) in [5, 5.41) is 5.04. The van der Waals surface area contributed by atoms with Crippen LogP contribution in [0, 0.1) is 5.41 Å². The van der Waals surface area contributed by atoms with Crippen molar-refractivity contribution in [3.8, 4) is 5.75 Å². The van der Waals surface area contributed by atoms with Gasteiger partial charge in [0.25, 0.3) is 0 Å². The number of rotatable bonds is 3. The normalized spacial score (nSPS) is 24.2. The van der Waals surface area contributed by atoms with Gasteiger partial charge in [0.15, 0.2) is 0 Å². The lowest BCUT2D eigenvalue weighted by molar-refractivity contribution is 0.185. The van der Waals surface area contributed by atoms with Gasteiger partial charge >= 0.3 is 0 Å². The molecule has 0 saturated heterocycles. The predicted octanol–water partition coefficient (Wildman–Crippen LogP) is 5.38. The molecule has 1 heterocycles. The van der Waals surface area contributed by atoms with E-state index in [1.807, 2.05) is 6.07 Å². The van der Waals surface area contributed by atoms with E-state index in [2.05, 4.69) is 12.2 Å². The minimum Gasteiger partial charge on any atom is -0.492 e. The fraction of sp³-hybridized carbons (Fsp3) is 0.647. The van der Waals surface area contributed by atoms with Crippen LogP contribution in [0.3, 0.4) is 0 Å². The molecular weight excluding hydrogens is 305 g/mol. The Morgan fingerprint density at radius 1 is 1.24 bits per heavy atom. The third kappa shape index (κ3) is 3.49. The zero-order chi connectivity index (χ0) is 14.9. The predicted molar refractivity (Wildman–Crippen MR) is 88.5 cm³/mol. The van der Waals surface area contributed by atoms with Crippen LogP contribution in [0.25, 0.3) is 0 Å². The summed E-state index contributed by atoms with van der Waals surface area (Å²) in [6.45, 7) is 4.17. The molecule has 1 aliphatic carbocycles. The average Bonchev–Trinajstić information content (AvgIpc) is 2.46. The van der Waals surface area contributed by atoms with E-state index in [0.29, 0.717) is 28.1 Å². The first-order chi connectivity index (χ1) is 10.1. The molecule has 0 aromatic heterocycles. The molecule has 3 rings (SSSR count). The molecule has 1 fully saturated rings. The van der Waals surface area contributed by atoms with Crippen molar-refractivity contribution in [1.82, 2.24) is 5.32 Å². The zero-order valence-corrected chi connectivity index (χ0v) is 14.1. The molecule has 4 heteroatoms. The van der Waals surface area contributed by atoms with Gasteiger partial charge in [0.1, 0.15) is 5.75 Å². The van der Waals surface area contributed by atoms with Crippen LogP contribution in [0.5, 0.6) is 5.75 Å². The third-order valence-corrected chi connectivity index (χ3v) is 5.40. The molecule has 1 aliphatic heterocycles. The second-order valence-electron chi connectivity index (χ2n) is 6.75. The molecule has 0 bridgehead atoms. The molecule has 1 unspecified atom stereocenters. The van der Waals surface area contributed by atoms with E-state index in [0.717, 1.165) is 24.3 Å². The minimum absolute atomic E-state index is 0.295. The first-order valence-corrected chi connectivity index (χ1v) is 8.68. The van der Waals surface area contributed by atoms with E-state index >= 15 is 0 Å². The largest absolute Gasteiger partial charge is 0.492 e. The highest BCUT2D eigenvalue weighted by molar-refractivity contribution is 6.35. The van der Waals surface area contributed by atoms with E-state index in [-0.39, 0.29) is 0 Å². The van der Waals surface area contributed by atoms with Crippen molar-refractivity contribution in [1.29, 1.82) is 0 Å². The Morgan fingerprint density at radius 2 is 2.00 bits per heavy atom. The van der Waals surface area contributed by atoms with Crippen molar-refractivity contribution < 1.29 is 4.74 Å². The van der Waals surface area contributed by atoms with Crippen LogP contribution < -0.4 is 10.1 Å². The molecule has 1 aromatic rings. The summed E-state index contributed by atoms with van der Waals surface area (Å²) in [5.41, 5.74) is 1.54. The Kier molecular flexibility index (Phi) is 4.68. The molecule has 1 atom stereocenters. The molecule has 1 aromatic carbocycles. The van der Waals surface area contributed by atoms with Gasteiger partial charge in [0.2, 0.25) is 0 Å². The maximum atomic E-state index is 6.25. The molecular formula is C17H23Cl2NO. The van der Waals surface area contributed by atoms with Crippen molar-refractivity contribution in [3.63, 3.8) is 0 Å². The van der Waals surface area contributed by atoms with Crippen LogP contribution in [0.4, 0.5) is 0 Å². The lowest BCUT2D eigenvalue weighted by Crippen LogP contribution is -2.37. The van der Waals surface area contributed by atoms with Gasteiger partial charge in [0.05, 0.1) is 11.6 Å². The van der Waals surface area contributed by atoms with Gasteiger partial charge in [-0.3, -0.25) is 0 Å². The Bertz CT molecular complexity index is 512. The molecule has 0 spiro atoms. The van der Waals surface area contributed by atoms with E-state index in [4.69, 9.17) is 27.9 Å². The summed E-state index contributed by atoms with van der Waals surface area (Å²) < 4.78 is 5.73. The number of nitrogens with one attached hydrogen (secondary N) is 1. The van der Waals surface area contributed by atoms with Crippen LogP contribution >= 0.6 is 23.2 Å². The maximum absolute atomic E-state index is 6.25. The highest BCUT2D eigenvalue weighted by Crippen LogP contribution is 2.41. The maximum Gasteiger partial charge on any atom is 0.142 e. The summed E-state index contributed by atoms with van der Waals surface area (Å²) >= 11 is 12.4. The Balaban J connectivity index is 1.73. The number of hydrogen-bond acceptors (Lipinski definition) is 2.